The molecule has 5 heteroatoms. The van der Waals surface area contributed by atoms with Gasteiger partial charge in [0, 0.05) is 19.1 Å². The molecule has 1 aliphatic carbocycles. The van der Waals surface area contributed by atoms with Gasteiger partial charge in [-0.15, -0.1) is 0 Å². The zero-order chi connectivity index (χ0) is 17.1. The second kappa shape index (κ2) is 7.52. The summed E-state index contributed by atoms with van der Waals surface area (Å²) in [6.07, 6.45) is 3.54. The zero-order valence-corrected chi connectivity index (χ0v) is 14.9. The second-order valence-corrected chi connectivity index (χ2v) is 7.43. The Bertz CT molecular complexity index is 794. The number of hydrogen-bond donors (Lipinski definition) is 1. The van der Waals surface area contributed by atoms with E-state index in [-0.39, 0.29) is 6.61 Å². The van der Waals surface area contributed by atoms with Crippen molar-refractivity contribution in [2.75, 3.05) is 19.7 Å². The number of ether oxygens (including phenoxy) is 1. The molecule has 1 aromatic heterocycles. The zero-order valence-electron chi connectivity index (χ0n) is 14.1. The molecule has 0 saturated heterocycles. The van der Waals surface area contributed by atoms with Crippen molar-refractivity contribution in [1.82, 2.24) is 9.88 Å². The Labute approximate surface area is 151 Å². The Morgan fingerprint density at radius 1 is 1.08 bits per heavy atom. The largest absolute Gasteiger partial charge is 0.431 e. The molecule has 25 heavy (non-hydrogen) atoms. The maximum atomic E-state index is 9.18. The second-order valence-electron chi connectivity index (χ2n) is 6.43. The number of aromatic nitrogens is 1. The van der Waals surface area contributed by atoms with E-state index in [2.05, 4.69) is 28.1 Å². The highest BCUT2D eigenvalue weighted by atomic mass is 32.1. The van der Waals surface area contributed by atoms with E-state index >= 15 is 0 Å². The summed E-state index contributed by atoms with van der Waals surface area (Å²) in [7, 11) is 0. The van der Waals surface area contributed by atoms with Crippen LogP contribution in [0, 0.1) is 0 Å². The van der Waals surface area contributed by atoms with Crippen molar-refractivity contribution in [3.05, 3.63) is 54.1 Å². The summed E-state index contributed by atoms with van der Waals surface area (Å²) in [6, 6.07) is 17.0. The number of benzene rings is 2. The standard InChI is InChI=1S/C20H22N2O2S/c23-14-13-22(16-7-8-16)12-11-15-5-9-17(10-6-15)24-20-21-18-3-1-2-4-19(18)25-20/h1-6,9-10,16,23H,7-8,11-14H2. The predicted molar refractivity (Wildman–Crippen MR) is 102 cm³/mol. The number of para-hydroxylation sites is 1. The van der Waals surface area contributed by atoms with E-state index in [4.69, 9.17) is 4.74 Å². The van der Waals surface area contributed by atoms with Gasteiger partial charge in [0.25, 0.3) is 5.19 Å². The summed E-state index contributed by atoms with van der Waals surface area (Å²) in [4.78, 5) is 6.90. The number of hydrogen-bond acceptors (Lipinski definition) is 5. The first kappa shape index (κ1) is 16.5. The summed E-state index contributed by atoms with van der Waals surface area (Å²) in [5.41, 5.74) is 2.27. The Hall–Kier alpha value is -1.95. The molecule has 1 N–H and O–H groups in total. The van der Waals surface area contributed by atoms with Gasteiger partial charge < -0.3 is 9.84 Å². The maximum Gasteiger partial charge on any atom is 0.279 e. The summed E-state index contributed by atoms with van der Waals surface area (Å²) in [5.74, 6) is 0.817. The van der Waals surface area contributed by atoms with Gasteiger partial charge in [-0.05, 0) is 49.1 Å². The number of rotatable bonds is 8. The van der Waals surface area contributed by atoms with Crippen molar-refractivity contribution in [3.8, 4) is 10.9 Å². The van der Waals surface area contributed by atoms with Crippen LogP contribution in [0.25, 0.3) is 10.2 Å². The average molecular weight is 354 g/mol. The van der Waals surface area contributed by atoms with Gasteiger partial charge in [-0.3, -0.25) is 4.90 Å². The van der Waals surface area contributed by atoms with E-state index in [1.807, 2.05) is 30.3 Å². The van der Waals surface area contributed by atoms with Crippen molar-refractivity contribution < 1.29 is 9.84 Å². The van der Waals surface area contributed by atoms with Crippen molar-refractivity contribution in [2.24, 2.45) is 0 Å². The molecule has 0 bridgehead atoms. The highest BCUT2D eigenvalue weighted by molar-refractivity contribution is 7.20. The van der Waals surface area contributed by atoms with Crippen LogP contribution in [-0.2, 0) is 6.42 Å². The van der Waals surface area contributed by atoms with Gasteiger partial charge >= 0.3 is 0 Å². The Kier molecular flexibility index (Phi) is 4.97. The lowest BCUT2D eigenvalue weighted by Crippen LogP contribution is -2.31. The first-order valence-electron chi connectivity index (χ1n) is 8.79. The van der Waals surface area contributed by atoms with Crippen molar-refractivity contribution in [3.63, 3.8) is 0 Å². The number of aliphatic hydroxyl groups is 1. The molecule has 0 unspecified atom stereocenters. The Morgan fingerprint density at radius 2 is 1.88 bits per heavy atom. The summed E-state index contributed by atoms with van der Waals surface area (Å²) < 4.78 is 7.03. The Morgan fingerprint density at radius 3 is 2.60 bits per heavy atom. The van der Waals surface area contributed by atoms with E-state index < -0.39 is 0 Å². The normalized spacial score (nSPS) is 14.3. The SMILES string of the molecule is OCCN(CCc1ccc(Oc2nc3ccccc3s2)cc1)C1CC1. The van der Waals surface area contributed by atoms with Crippen LogP contribution in [0.2, 0.25) is 0 Å². The molecule has 130 valence electrons. The van der Waals surface area contributed by atoms with Crippen molar-refractivity contribution in [1.29, 1.82) is 0 Å². The molecule has 0 atom stereocenters. The lowest BCUT2D eigenvalue weighted by Gasteiger charge is -2.20. The fourth-order valence-corrected chi connectivity index (χ4v) is 3.87. The fraction of sp³-hybridized carbons (Fsp3) is 0.350. The van der Waals surface area contributed by atoms with E-state index in [1.165, 1.54) is 18.4 Å². The maximum absolute atomic E-state index is 9.18. The smallest absolute Gasteiger partial charge is 0.279 e. The number of aliphatic hydroxyl groups excluding tert-OH is 1. The minimum atomic E-state index is 0.242. The van der Waals surface area contributed by atoms with Gasteiger partial charge in [0.15, 0.2) is 0 Å². The van der Waals surface area contributed by atoms with Gasteiger partial charge in [0.1, 0.15) is 5.75 Å². The van der Waals surface area contributed by atoms with Gasteiger partial charge in [-0.1, -0.05) is 35.6 Å². The van der Waals surface area contributed by atoms with Crippen LogP contribution in [0.4, 0.5) is 0 Å². The van der Waals surface area contributed by atoms with Crippen LogP contribution in [-0.4, -0.2) is 40.7 Å². The molecular weight excluding hydrogens is 332 g/mol. The minimum Gasteiger partial charge on any atom is -0.431 e. The molecule has 0 radical (unpaired) electrons. The number of thiazole rings is 1. The quantitative estimate of drug-likeness (QED) is 0.662. The topological polar surface area (TPSA) is 45.6 Å². The monoisotopic (exact) mass is 354 g/mol. The summed E-state index contributed by atoms with van der Waals surface area (Å²) >= 11 is 1.56. The van der Waals surface area contributed by atoms with Gasteiger partial charge in [0.05, 0.1) is 16.8 Å². The molecule has 4 nitrogen and oxygen atoms in total. The highest BCUT2D eigenvalue weighted by Gasteiger charge is 2.27. The number of nitrogens with zero attached hydrogens (tertiary/aromatic N) is 2. The molecule has 1 aliphatic rings. The van der Waals surface area contributed by atoms with Gasteiger partial charge in [-0.25, -0.2) is 4.98 Å². The third-order valence-corrected chi connectivity index (χ3v) is 5.46. The first-order chi connectivity index (χ1) is 12.3. The van der Waals surface area contributed by atoms with Crippen LogP contribution in [0.1, 0.15) is 18.4 Å². The van der Waals surface area contributed by atoms with Crippen LogP contribution in [0.15, 0.2) is 48.5 Å². The molecule has 0 aliphatic heterocycles. The van der Waals surface area contributed by atoms with E-state index in [1.54, 1.807) is 11.3 Å². The van der Waals surface area contributed by atoms with Crippen LogP contribution in [0.5, 0.6) is 10.9 Å². The van der Waals surface area contributed by atoms with Crippen LogP contribution >= 0.6 is 11.3 Å². The van der Waals surface area contributed by atoms with Crippen LogP contribution < -0.4 is 4.74 Å². The third-order valence-electron chi connectivity index (χ3n) is 4.54. The first-order valence-corrected chi connectivity index (χ1v) is 9.61. The van der Waals surface area contributed by atoms with Crippen molar-refractivity contribution >= 4 is 21.6 Å². The van der Waals surface area contributed by atoms with Crippen molar-refractivity contribution in [2.45, 2.75) is 25.3 Å². The summed E-state index contributed by atoms with van der Waals surface area (Å²) in [5, 5.41) is 9.85. The minimum absolute atomic E-state index is 0.242. The van der Waals surface area contributed by atoms with E-state index in [0.29, 0.717) is 11.2 Å². The fourth-order valence-electron chi connectivity index (χ4n) is 3.04. The average Bonchev–Trinajstić information content (AvgIpc) is 3.39. The molecule has 2 aromatic carbocycles. The molecule has 1 heterocycles. The summed E-state index contributed by atoms with van der Waals surface area (Å²) in [6.45, 7) is 2.03. The van der Waals surface area contributed by atoms with E-state index in [9.17, 15) is 5.11 Å². The molecule has 0 spiro atoms. The molecule has 0 amide bonds. The highest BCUT2D eigenvalue weighted by Crippen LogP contribution is 2.31. The predicted octanol–water partition coefficient (Wildman–Crippen LogP) is 4.09. The third kappa shape index (κ3) is 4.18. The van der Waals surface area contributed by atoms with Crippen LogP contribution in [0.3, 0.4) is 0 Å². The van der Waals surface area contributed by atoms with Gasteiger partial charge in [0.2, 0.25) is 0 Å². The van der Waals surface area contributed by atoms with E-state index in [0.717, 1.165) is 35.5 Å². The molecule has 1 fully saturated rings. The van der Waals surface area contributed by atoms with Gasteiger partial charge in [-0.2, -0.15) is 0 Å². The number of fused-ring (bicyclic) bond motifs is 1. The lowest BCUT2D eigenvalue weighted by atomic mass is 10.1. The molecule has 1 saturated carbocycles. The lowest BCUT2D eigenvalue weighted by molar-refractivity contribution is 0.190. The molecule has 4 rings (SSSR count). The molecule has 3 aromatic rings. The Balaban J connectivity index is 1.36. The molecular formula is C20H22N2O2S.